The van der Waals surface area contributed by atoms with E-state index in [1.54, 1.807) is 20.8 Å². The number of rotatable bonds is 7. The molecule has 220 valence electrons. The lowest BCUT2D eigenvalue weighted by Crippen LogP contribution is -2.33. The Labute approximate surface area is 220 Å². The van der Waals surface area contributed by atoms with Crippen molar-refractivity contribution in [1.29, 1.82) is 0 Å². The molecule has 1 fully saturated rings. The summed E-state index contributed by atoms with van der Waals surface area (Å²) in [5, 5.41) is 8.32. The van der Waals surface area contributed by atoms with Gasteiger partial charge in [-0.3, -0.25) is 4.79 Å². The molecule has 2 heterocycles. The molecule has 0 aliphatic heterocycles. The quantitative estimate of drug-likeness (QED) is 0.391. The second kappa shape index (κ2) is 13.3. The van der Waals surface area contributed by atoms with Gasteiger partial charge >= 0.3 is 12.3 Å². The summed E-state index contributed by atoms with van der Waals surface area (Å²) in [5.74, 6) is -3.48. The van der Waals surface area contributed by atoms with Gasteiger partial charge in [-0.2, -0.15) is 18.3 Å². The highest BCUT2D eigenvalue weighted by Crippen LogP contribution is 2.32. The third-order valence-corrected chi connectivity index (χ3v) is 5.35. The topological polar surface area (TPSA) is 97.6 Å². The molecule has 1 atom stereocenters. The zero-order valence-corrected chi connectivity index (χ0v) is 21.8. The van der Waals surface area contributed by atoms with Crippen molar-refractivity contribution in [1.82, 2.24) is 25.2 Å². The minimum Gasteiger partial charge on any atom is -0.444 e. The van der Waals surface area contributed by atoms with E-state index in [-0.39, 0.29) is 30.6 Å². The highest BCUT2D eigenvalue weighted by molar-refractivity contribution is 5.76. The van der Waals surface area contributed by atoms with Gasteiger partial charge < -0.3 is 15.4 Å². The van der Waals surface area contributed by atoms with Crippen molar-refractivity contribution in [3.63, 3.8) is 0 Å². The molecule has 0 spiro atoms. The molecule has 2 N–H and O–H groups in total. The Morgan fingerprint density at radius 1 is 1.13 bits per heavy atom. The number of ether oxygens (including phenoxy) is 1. The molecular formula is C24H32F7N5O3. The van der Waals surface area contributed by atoms with Crippen LogP contribution in [0.15, 0.2) is 18.5 Å². The van der Waals surface area contributed by atoms with Gasteiger partial charge in [0, 0.05) is 24.8 Å². The number of hydrogen-bond acceptors (Lipinski definition) is 5. The highest BCUT2D eigenvalue weighted by atomic mass is 19.4. The Morgan fingerprint density at radius 3 is 2.28 bits per heavy atom. The lowest BCUT2D eigenvalue weighted by molar-refractivity contribution is -0.144. The second-order valence-electron chi connectivity index (χ2n) is 10.1. The van der Waals surface area contributed by atoms with Crippen molar-refractivity contribution in [2.24, 2.45) is 0 Å². The number of hydrogen-bond donors (Lipinski definition) is 2. The normalized spacial score (nSPS) is 16.3. The largest absolute Gasteiger partial charge is 0.444 e. The molecule has 2 aromatic rings. The lowest BCUT2D eigenvalue weighted by atomic mass is 9.97. The maximum absolute atomic E-state index is 13.4. The van der Waals surface area contributed by atoms with Crippen LogP contribution in [0.3, 0.4) is 0 Å². The van der Waals surface area contributed by atoms with Crippen molar-refractivity contribution in [3.8, 4) is 0 Å². The van der Waals surface area contributed by atoms with E-state index < -0.39 is 55.0 Å². The number of nitrogens with one attached hydrogen (secondary N) is 2. The number of fused-ring (bicyclic) bond motifs is 1. The summed E-state index contributed by atoms with van der Waals surface area (Å²) in [5.41, 5.74) is -0.305. The first kappa shape index (κ1) is 32.1. The third kappa shape index (κ3) is 12.1. The zero-order chi connectivity index (χ0) is 29.4. The number of alkyl carbamates (subject to hydrolysis) is 1. The van der Waals surface area contributed by atoms with Crippen LogP contribution in [0.1, 0.15) is 83.0 Å². The van der Waals surface area contributed by atoms with Crippen LogP contribution in [0.25, 0.3) is 5.65 Å². The molecular weight excluding hydrogens is 539 g/mol. The Hall–Kier alpha value is -3.13. The zero-order valence-electron chi connectivity index (χ0n) is 21.8. The molecule has 1 aliphatic carbocycles. The van der Waals surface area contributed by atoms with Gasteiger partial charge in [-0.05, 0) is 39.7 Å². The van der Waals surface area contributed by atoms with Crippen LogP contribution < -0.4 is 10.6 Å². The Kier molecular flexibility index (Phi) is 10.9. The summed E-state index contributed by atoms with van der Waals surface area (Å²) in [6, 6.07) is -0.622. The van der Waals surface area contributed by atoms with Gasteiger partial charge in [0.05, 0.1) is 31.1 Å². The standard InChI is InChI=1S/C18H22F5N5O3.C6H10F2/c1-17(2,3)31-16(30)24-8-11-9-28-12(26-11)6-10(7-25-28)14(15(19)20)27-13(29)4-5-18(21,22)23;7-6(8)4-2-1-3-5-6/h6-7,9,14-15H,4-5,8H2,1-3H3,(H,24,30)(H,27,29);1-5H2. The fourth-order valence-electron chi connectivity index (χ4n) is 3.53. The molecule has 3 rings (SSSR count). The average Bonchev–Trinajstić information content (AvgIpc) is 3.20. The molecule has 0 radical (unpaired) electrons. The molecule has 1 saturated carbocycles. The van der Waals surface area contributed by atoms with Crippen LogP contribution in [0.4, 0.5) is 35.5 Å². The fourth-order valence-corrected chi connectivity index (χ4v) is 3.53. The molecule has 1 unspecified atom stereocenters. The summed E-state index contributed by atoms with van der Waals surface area (Å²) >= 11 is 0. The molecule has 39 heavy (non-hydrogen) atoms. The van der Waals surface area contributed by atoms with Crippen molar-refractivity contribution >= 4 is 17.6 Å². The first-order chi connectivity index (χ1) is 17.9. The maximum Gasteiger partial charge on any atom is 0.407 e. The molecule has 0 saturated heterocycles. The minimum atomic E-state index is -4.57. The SMILES string of the molecule is CC(C)(C)OC(=O)NCc1cn2ncc(C(NC(=O)CCC(F)(F)F)C(F)F)cc2n1.FC1(F)CCCCC1. The van der Waals surface area contributed by atoms with Crippen LogP contribution in [0.2, 0.25) is 0 Å². The monoisotopic (exact) mass is 571 g/mol. The van der Waals surface area contributed by atoms with E-state index in [9.17, 15) is 40.3 Å². The molecule has 15 heteroatoms. The molecule has 0 aromatic carbocycles. The van der Waals surface area contributed by atoms with E-state index in [2.05, 4.69) is 15.4 Å². The van der Waals surface area contributed by atoms with Crippen molar-refractivity contribution < 1.29 is 45.1 Å². The number of nitrogens with zero attached hydrogens (tertiary/aromatic N) is 3. The summed E-state index contributed by atoms with van der Waals surface area (Å²) in [6.45, 7) is 5.08. The van der Waals surface area contributed by atoms with Crippen LogP contribution in [0, 0.1) is 0 Å². The summed E-state index contributed by atoms with van der Waals surface area (Å²) in [4.78, 5) is 27.5. The smallest absolute Gasteiger partial charge is 0.407 e. The number of carbonyl (C=O) groups excluding carboxylic acids is 2. The van der Waals surface area contributed by atoms with Gasteiger partial charge in [0.15, 0.2) is 5.65 Å². The number of aromatic nitrogens is 3. The maximum atomic E-state index is 13.4. The molecule has 2 amide bonds. The van der Waals surface area contributed by atoms with E-state index >= 15 is 0 Å². The number of amides is 2. The third-order valence-electron chi connectivity index (χ3n) is 5.35. The molecule has 0 bridgehead atoms. The summed E-state index contributed by atoms with van der Waals surface area (Å²) in [7, 11) is 0. The van der Waals surface area contributed by atoms with Gasteiger partial charge in [0.2, 0.25) is 11.8 Å². The number of alkyl halides is 7. The number of carbonyl (C=O) groups is 2. The van der Waals surface area contributed by atoms with Crippen molar-refractivity contribution in [2.45, 2.75) is 102 Å². The first-order valence-corrected chi connectivity index (χ1v) is 12.3. The van der Waals surface area contributed by atoms with Crippen LogP contribution >= 0.6 is 0 Å². The van der Waals surface area contributed by atoms with Gasteiger partial charge in [0.1, 0.15) is 11.6 Å². The summed E-state index contributed by atoms with van der Waals surface area (Å²) in [6.07, 6.45) is -5.53. The Balaban J connectivity index is 0.000000568. The molecule has 2 aromatic heterocycles. The van der Waals surface area contributed by atoms with E-state index in [1.807, 2.05) is 5.32 Å². The van der Waals surface area contributed by atoms with Crippen molar-refractivity contribution in [2.75, 3.05) is 0 Å². The van der Waals surface area contributed by atoms with Crippen molar-refractivity contribution in [3.05, 3.63) is 29.7 Å². The Bertz CT molecular complexity index is 1090. The van der Waals surface area contributed by atoms with Gasteiger partial charge in [-0.1, -0.05) is 6.42 Å². The lowest BCUT2D eigenvalue weighted by Gasteiger charge is -2.20. The van der Waals surface area contributed by atoms with Gasteiger partial charge in [0.25, 0.3) is 6.43 Å². The molecule has 8 nitrogen and oxygen atoms in total. The molecule has 1 aliphatic rings. The predicted molar refractivity (Wildman–Crippen MR) is 126 cm³/mol. The van der Waals surface area contributed by atoms with E-state index in [1.165, 1.54) is 16.8 Å². The first-order valence-electron chi connectivity index (χ1n) is 12.3. The number of halogens is 7. The average molecular weight is 572 g/mol. The van der Waals surface area contributed by atoms with Crippen LogP contribution in [-0.2, 0) is 16.1 Å². The minimum absolute atomic E-state index is 0.0138. The van der Waals surface area contributed by atoms with Crippen LogP contribution in [0.5, 0.6) is 0 Å². The predicted octanol–water partition coefficient (Wildman–Crippen LogP) is 6.10. The van der Waals surface area contributed by atoms with E-state index in [0.717, 1.165) is 12.6 Å². The van der Waals surface area contributed by atoms with Gasteiger partial charge in [-0.25, -0.2) is 31.9 Å². The highest BCUT2D eigenvalue weighted by Gasteiger charge is 2.31. The van der Waals surface area contributed by atoms with Gasteiger partial charge in [-0.15, -0.1) is 0 Å². The second-order valence-corrected chi connectivity index (χ2v) is 10.1. The van der Waals surface area contributed by atoms with E-state index in [0.29, 0.717) is 18.5 Å². The van der Waals surface area contributed by atoms with Crippen LogP contribution in [-0.4, -0.2) is 50.7 Å². The summed E-state index contributed by atoms with van der Waals surface area (Å²) < 4.78 is 94.3. The number of imidazole rings is 1. The fraction of sp³-hybridized carbons (Fsp3) is 0.667. The Morgan fingerprint density at radius 2 is 1.77 bits per heavy atom. The van der Waals surface area contributed by atoms with E-state index in [4.69, 9.17) is 4.74 Å².